The maximum atomic E-state index is 12.8. The van der Waals surface area contributed by atoms with Gasteiger partial charge in [0.15, 0.2) is 11.6 Å². The van der Waals surface area contributed by atoms with Gasteiger partial charge in [-0.05, 0) is 36.4 Å². The third kappa shape index (κ3) is 4.23. The number of rotatable bonds is 5. The van der Waals surface area contributed by atoms with Gasteiger partial charge in [-0.2, -0.15) is 0 Å². The maximum absolute atomic E-state index is 12.8. The molecule has 4 rings (SSSR count). The Balaban J connectivity index is 1.36. The first-order valence-corrected chi connectivity index (χ1v) is 9.29. The summed E-state index contributed by atoms with van der Waals surface area (Å²) in [6, 6.07) is 12.9. The number of anilines is 3. The topological polar surface area (TPSA) is 96.4 Å². The Morgan fingerprint density at radius 2 is 1.76 bits per heavy atom. The Hall–Kier alpha value is -3.75. The fourth-order valence-electron chi connectivity index (χ4n) is 3.15. The van der Waals surface area contributed by atoms with E-state index in [0.717, 1.165) is 5.82 Å². The molecule has 1 fully saturated rings. The average molecular weight is 391 g/mol. The van der Waals surface area contributed by atoms with Crippen LogP contribution in [0.5, 0.6) is 5.88 Å². The lowest BCUT2D eigenvalue weighted by molar-refractivity contribution is 0.0742. The lowest BCUT2D eigenvalue weighted by Crippen LogP contribution is -2.49. The Morgan fingerprint density at radius 1 is 0.931 bits per heavy atom. The predicted molar refractivity (Wildman–Crippen MR) is 108 cm³/mol. The number of hydrogen-bond acceptors (Lipinski definition) is 8. The molecule has 1 N–H and O–H groups in total. The van der Waals surface area contributed by atoms with Crippen LogP contribution in [-0.2, 0) is 0 Å². The van der Waals surface area contributed by atoms with Gasteiger partial charge < -0.3 is 19.9 Å². The van der Waals surface area contributed by atoms with E-state index in [-0.39, 0.29) is 5.91 Å². The Bertz CT molecular complexity index is 958. The average Bonchev–Trinajstić information content (AvgIpc) is 2.80. The van der Waals surface area contributed by atoms with E-state index in [4.69, 9.17) is 4.74 Å². The van der Waals surface area contributed by atoms with Gasteiger partial charge in [-0.3, -0.25) is 4.79 Å². The van der Waals surface area contributed by atoms with Gasteiger partial charge in [0.05, 0.1) is 7.11 Å². The van der Waals surface area contributed by atoms with Gasteiger partial charge in [-0.25, -0.2) is 9.97 Å². The number of nitrogens with one attached hydrogen (secondary N) is 1. The van der Waals surface area contributed by atoms with Crippen molar-refractivity contribution in [1.29, 1.82) is 0 Å². The van der Waals surface area contributed by atoms with Crippen molar-refractivity contribution in [3.05, 3.63) is 60.4 Å². The zero-order valence-electron chi connectivity index (χ0n) is 16.0. The van der Waals surface area contributed by atoms with Crippen molar-refractivity contribution in [2.24, 2.45) is 0 Å². The molecule has 3 aromatic rings. The molecule has 0 radical (unpaired) electrons. The molecule has 0 bridgehead atoms. The maximum Gasteiger partial charge on any atom is 0.259 e. The number of hydrogen-bond donors (Lipinski definition) is 1. The van der Waals surface area contributed by atoms with Crippen molar-refractivity contribution in [2.75, 3.05) is 43.5 Å². The van der Waals surface area contributed by atoms with Crippen LogP contribution in [0.1, 0.15) is 10.4 Å². The van der Waals surface area contributed by atoms with Crippen LogP contribution in [0.25, 0.3) is 0 Å². The van der Waals surface area contributed by atoms with Crippen LogP contribution in [0, 0.1) is 0 Å². The number of pyridine rings is 2. The molecule has 0 unspecified atom stereocenters. The minimum atomic E-state index is -0.0735. The van der Waals surface area contributed by atoms with Crippen LogP contribution in [-0.4, -0.2) is 64.3 Å². The smallest absolute Gasteiger partial charge is 0.259 e. The van der Waals surface area contributed by atoms with Crippen LogP contribution >= 0.6 is 0 Å². The molecule has 1 aliphatic heterocycles. The molecule has 1 amide bonds. The standard InChI is InChI=1S/C20H21N7O2/c1-29-19-15(5-4-10-22-19)20(28)27-13-11-26(12-14-27)18-8-7-17(24-25-18)23-16-6-2-3-9-21-16/h2-10H,11-14H2,1H3,(H,21,23,24). The highest BCUT2D eigenvalue weighted by Gasteiger charge is 2.25. The minimum absolute atomic E-state index is 0.0735. The van der Waals surface area contributed by atoms with E-state index in [1.165, 1.54) is 7.11 Å². The van der Waals surface area contributed by atoms with Crippen LogP contribution < -0.4 is 15.0 Å². The monoisotopic (exact) mass is 391 g/mol. The zero-order chi connectivity index (χ0) is 20.1. The molecule has 4 heterocycles. The molecule has 0 saturated carbocycles. The van der Waals surface area contributed by atoms with E-state index in [1.807, 2.05) is 30.3 Å². The second kappa shape index (κ2) is 8.51. The van der Waals surface area contributed by atoms with Gasteiger partial charge in [0.1, 0.15) is 11.4 Å². The summed E-state index contributed by atoms with van der Waals surface area (Å²) < 4.78 is 5.20. The second-order valence-corrected chi connectivity index (χ2v) is 6.46. The van der Waals surface area contributed by atoms with E-state index < -0.39 is 0 Å². The number of amides is 1. The first kappa shape index (κ1) is 18.6. The van der Waals surface area contributed by atoms with Crippen LogP contribution in [0.3, 0.4) is 0 Å². The molecule has 0 atom stereocenters. The normalized spacial score (nSPS) is 13.8. The third-order valence-electron chi connectivity index (χ3n) is 4.66. The summed E-state index contributed by atoms with van der Waals surface area (Å²) in [5.41, 5.74) is 0.480. The number of carbonyl (C=O) groups excluding carboxylic acids is 1. The van der Waals surface area contributed by atoms with Crippen LogP contribution in [0.4, 0.5) is 17.5 Å². The lowest BCUT2D eigenvalue weighted by Gasteiger charge is -2.35. The lowest BCUT2D eigenvalue weighted by atomic mass is 10.2. The Morgan fingerprint density at radius 3 is 2.45 bits per heavy atom. The molecule has 1 aliphatic rings. The summed E-state index contributed by atoms with van der Waals surface area (Å²) in [6.45, 7) is 2.53. The summed E-state index contributed by atoms with van der Waals surface area (Å²) in [4.78, 5) is 25.0. The van der Waals surface area contributed by atoms with E-state index in [9.17, 15) is 4.79 Å². The first-order valence-electron chi connectivity index (χ1n) is 9.29. The third-order valence-corrected chi connectivity index (χ3v) is 4.66. The number of carbonyl (C=O) groups is 1. The van der Waals surface area contributed by atoms with Crippen molar-refractivity contribution in [2.45, 2.75) is 0 Å². The Kier molecular flexibility index (Phi) is 5.46. The highest BCUT2D eigenvalue weighted by atomic mass is 16.5. The van der Waals surface area contributed by atoms with E-state index >= 15 is 0 Å². The summed E-state index contributed by atoms with van der Waals surface area (Å²) >= 11 is 0. The molecule has 3 aromatic heterocycles. The molecule has 9 heteroatoms. The van der Waals surface area contributed by atoms with Crippen LogP contribution in [0.15, 0.2) is 54.9 Å². The molecule has 9 nitrogen and oxygen atoms in total. The van der Waals surface area contributed by atoms with Gasteiger partial charge in [0, 0.05) is 38.6 Å². The zero-order valence-corrected chi connectivity index (χ0v) is 16.0. The number of nitrogens with zero attached hydrogens (tertiary/aromatic N) is 6. The van der Waals surface area contributed by atoms with Crippen molar-refractivity contribution in [3.8, 4) is 5.88 Å². The van der Waals surface area contributed by atoms with Crippen molar-refractivity contribution < 1.29 is 9.53 Å². The van der Waals surface area contributed by atoms with E-state index in [1.54, 1.807) is 29.4 Å². The molecule has 1 saturated heterocycles. The number of ether oxygens (including phenoxy) is 1. The summed E-state index contributed by atoms with van der Waals surface area (Å²) in [5.74, 6) is 2.40. The predicted octanol–water partition coefficient (Wildman–Crippen LogP) is 1.98. The van der Waals surface area contributed by atoms with Gasteiger partial charge in [-0.15, -0.1) is 10.2 Å². The first-order chi connectivity index (χ1) is 14.2. The second-order valence-electron chi connectivity index (χ2n) is 6.46. The highest BCUT2D eigenvalue weighted by molar-refractivity contribution is 5.96. The Labute approximate surface area is 168 Å². The van der Waals surface area contributed by atoms with E-state index in [0.29, 0.717) is 49.3 Å². The highest BCUT2D eigenvalue weighted by Crippen LogP contribution is 2.20. The van der Waals surface area contributed by atoms with Gasteiger partial charge in [0.2, 0.25) is 5.88 Å². The van der Waals surface area contributed by atoms with Gasteiger partial charge >= 0.3 is 0 Å². The number of piperazine rings is 1. The van der Waals surface area contributed by atoms with Crippen molar-refractivity contribution >= 4 is 23.4 Å². The van der Waals surface area contributed by atoms with Gasteiger partial charge in [-0.1, -0.05) is 6.07 Å². The molecule has 0 spiro atoms. The molecule has 0 aromatic carbocycles. The molecular formula is C20H21N7O2. The molecular weight excluding hydrogens is 370 g/mol. The largest absolute Gasteiger partial charge is 0.480 e. The quantitative estimate of drug-likeness (QED) is 0.705. The number of aromatic nitrogens is 4. The molecule has 148 valence electrons. The summed E-state index contributed by atoms with van der Waals surface area (Å²) in [6.07, 6.45) is 3.32. The van der Waals surface area contributed by atoms with Gasteiger partial charge in [0.25, 0.3) is 5.91 Å². The summed E-state index contributed by atoms with van der Waals surface area (Å²) in [7, 11) is 1.52. The fraction of sp³-hybridized carbons (Fsp3) is 0.250. The van der Waals surface area contributed by atoms with Crippen molar-refractivity contribution in [3.63, 3.8) is 0 Å². The number of methoxy groups -OCH3 is 1. The fourth-order valence-corrected chi connectivity index (χ4v) is 3.15. The molecule has 0 aliphatic carbocycles. The minimum Gasteiger partial charge on any atom is -0.480 e. The van der Waals surface area contributed by atoms with Crippen LogP contribution in [0.2, 0.25) is 0 Å². The van der Waals surface area contributed by atoms with Crippen molar-refractivity contribution in [1.82, 2.24) is 25.1 Å². The van der Waals surface area contributed by atoms with E-state index in [2.05, 4.69) is 30.4 Å². The SMILES string of the molecule is COc1ncccc1C(=O)N1CCN(c2ccc(Nc3ccccn3)nn2)CC1. The molecule has 29 heavy (non-hydrogen) atoms. The summed E-state index contributed by atoms with van der Waals surface area (Å²) in [5, 5.41) is 11.6.